The van der Waals surface area contributed by atoms with Crippen LogP contribution in [0.3, 0.4) is 0 Å². The van der Waals surface area contributed by atoms with Gasteiger partial charge in [-0.25, -0.2) is 12.8 Å². The highest BCUT2D eigenvalue weighted by Crippen LogP contribution is 2.50. The maximum atomic E-state index is 14.5. The van der Waals surface area contributed by atoms with E-state index in [9.17, 15) is 53.8 Å². The number of nitrogens with zero attached hydrogens (tertiary/aromatic N) is 1. The number of aliphatic hydroxyl groups is 1. The lowest BCUT2D eigenvalue weighted by Crippen LogP contribution is -2.54. The fourth-order valence-electron chi connectivity index (χ4n) is 3.77. The number of anilines is 1. The van der Waals surface area contributed by atoms with Crippen LogP contribution >= 0.6 is 0 Å². The van der Waals surface area contributed by atoms with Crippen molar-refractivity contribution in [2.24, 2.45) is 0 Å². The van der Waals surface area contributed by atoms with Crippen LogP contribution in [0.4, 0.5) is 36.4 Å². The molecule has 2 N–H and O–H groups in total. The van der Waals surface area contributed by atoms with Crippen molar-refractivity contribution in [3.8, 4) is 0 Å². The number of hydrogen-bond donors (Lipinski definition) is 2. The van der Waals surface area contributed by atoms with Gasteiger partial charge in [0.05, 0.1) is 10.6 Å². The molecule has 196 valence electrons. The van der Waals surface area contributed by atoms with Gasteiger partial charge < -0.3 is 15.3 Å². The van der Waals surface area contributed by atoms with Gasteiger partial charge in [-0.05, 0) is 35.4 Å². The van der Waals surface area contributed by atoms with Gasteiger partial charge in [0.2, 0.25) is 5.91 Å². The van der Waals surface area contributed by atoms with Crippen LogP contribution in [0.5, 0.6) is 0 Å². The predicted octanol–water partition coefficient (Wildman–Crippen LogP) is 3.58. The Balaban J connectivity index is 1.97. The van der Waals surface area contributed by atoms with Crippen LogP contribution < -0.4 is 5.32 Å². The topological polar surface area (TPSA) is 104 Å². The molecule has 3 rings (SSSR count). The van der Waals surface area contributed by atoms with Gasteiger partial charge >= 0.3 is 12.4 Å². The molecule has 1 aliphatic rings. The van der Waals surface area contributed by atoms with Crippen molar-refractivity contribution in [2.45, 2.75) is 42.4 Å². The molecule has 0 bridgehead atoms. The highest BCUT2D eigenvalue weighted by Gasteiger charge is 2.71. The van der Waals surface area contributed by atoms with Crippen molar-refractivity contribution in [3.05, 3.63) is 58.9 Å². The summed E-state index contributed by atoms with van der Waals surface area (Å²) in [6, 6.07) is 2.66. The minimum Gasteiger partial charge on any atom is -0.369 e. The van der Waals surface area contributed by atoms with E-state index in [0.717, 1.165) is 18.1 Å². The first-order chi connectivity index (χ1) is 16.3. The molecule has 2 aromatic carbocycles. The molecule has 15 heteroatoms. The second-order valence-corrected chi connectivity index (χ2v) is 10.1. The van der Waals surface area contributed by atoms with Crippen LogP contribution in [0.25, 0.3) is 0 Å². The first-order valence-corrected chi connectivity index (χ1v) is 11.7. The molecule has 0 saturated heterocycles. The molecule has 1 unspecified atom stereocenters. The molecule has 7 nitrogen and oxygen atoms in total. The van der Waals surface area contributed by atoms with Gasteiger partial charge in [-0.2, -0.15) is 26.3 Å². The van der Waals surface area contributed by atoms with Gasteiger partial charge in [0.25, 0.3) is 11.5 Å². The number of amides is 2. The van der Waals surface area contributed by atoms with Gasteiger partial charge in [0.15, 0.2) is 9.84 Å². The van der Waals surface area contributed by atoms with Crippen LogP contribution in [-0.2, 0) is 31.6 Å². The lowest BCUT2D eigenvalue weighted by molar-refractivity contribution is -0.376. The molecule has 0 saturated carbocycles. The van der Waals surface area contributed by atoms with Crippen molar-refractivity contribution in [1.29, 1.82) is 0 Å². The second kappa shape index (κ2) is 8.73. The van der Waals surface area contributed by atoms with Crippen LogP contribution in [0.2, 0.25) is 0 Å². The van der Waals surface area contributed by atoms with E-state index in [1.165, 1.54) is 18.2 Å². The van der Waals surface area contributed by atoms with E-state index in [2.05, 4.69) is 0 Å². The Kier molecular flexibility index (Phi) is 6.64. The fraction of sp³-hybridized carbons (Fsp3) is 0.333. The monoisotopic (exact) mass is 542 g/mol. The number of benzene rings is 2. The Morgan fingerprint density at radius 3 is 2.08 bits per heavy atom. The van der Waals surface area contributed by atoms with E-state index in [0.29, 0.717) is 11.6 Å². The van der Waals surface area contributed by atoms with Gasteiger partial charge in [-0.1, -0.05) is 12.1 Å². The predicted molar refractivity (Wildman–Crippen MR) is 110 cm³/mol. The second-order valence-electron chi connectivity index (χ2n) is 8.07. The number of hydrogen-bond acceptors (Lipinski definition) is 5. The zero-order valence-corrected chi connectivity index (χ0v) is 19.1. The summed E-state index contributed by atoms with van der Waals surface area (Å²) in [6.07, 6.45) is -11.5. The molecular formula is C21H17F7N2O5S. The summed E-state index contributed by atoms with van der Waals surface area (Å²) in [6.45, 7) is 0.922. The van der Waals surface area contributed by atoms with Crippen LogP contribution in [0.1, 0.15) is 29.7 Å². The van der Waals surface area contributed by atoms with E-state index in [-0.39, 0.29) is 29.1 Å². The maximum Gasteiger partial charge on any atom is 0.430 e. The number of nitrogens with one attached hydrogen (secondary N) is 1. The lowest BCUT2D eigenvalue weighted by atomic mass is 9.92. The van der Waals surface area contributed by atoms with E-state index < -0.39 is 62.7 Å². The zero-order chi connectivity index (χ0) is 27.4. The normalized spacial score (nSPS) is 16.6. The van der Waals surface area contributed by atoms with E-state index in [1.807, 2.05) is 5.32 Å². The average Bonchev–Trinajstić information content (AvgIpc) is 3.11. The average molecular weight is 542 g/mol. The Bertz CT molecular complexity index is 1330. The van der Waals surface area contributed by atoms with Gasteiger partial charge in [0.1, 0.15) is 11.9 Å². The number of halogens is 7. The number of fused-ring (bicyclic) bond motifs is 1. The van der Waals surface area contributed by atoms with Crippen LogP contribution in [0, 0.1) is 5.82 Å². The smallest absolute Gasteiger partial charge is 0.369 e. The summed E-state index contributed by atoms with van der Waals surface area (Å²) in [7, 11) is -3.63. The van der Waals surface area contributed by atoms with Crippen molar-refractivity contribution >= 4 is 27.3 Å². The molecule has 1 atom stereocenters. The number of carbonyl (C=O) groups is 2. The largest absolute Gasteiger partial charge is 0.430 e. The first-order valence-electron chi connectivity index (χ1n) is 9.86. The van der Waals surface area contributed by atoms with Crippen molar-refractivity contribution in [1.82, 2.24) is 4.90 Å². The van der Waals surface area contributed by atoms with Gasteiger partial charge in [0, 0.05) is 25.3 Å². The Hall–Kier alpha value is -3.20. The summed E-state index contributed by atoms with van der Waals surface area (Å²) in [5.41, 5.74) is -7.56. The molecule has 1 heterocycles. The molecule has 1 aliphatic heterocycles. The van der Waals surface area contributed by atoms with Gasteiger partial charge in [-0.15, -0.1) is 0 Å². The molecule has 0 aromatic heterocycles. The number of alkyl halides is 6. The quantitative estimate of drug-likeness (QED) is 0.575. The first kappa shape index (κ1) is 27.4. The fourth-order valence-corrected chi connectivity index (χ4v) is 4.44. The van der Waals surface area contributed by atoms with Crippen molar-refractivity contribution in [2.75, 3.05) is 11.6 Å². The molecule has 0 aliphatic carbocycles. The molecule has 0 radical (unpaired) electrons. The number of rotatable bonds is 4. The Morgan fingerprint density at radius 2 is 1.61 bits per heavy atom. The molecule has 2 amide bonds. The third-order valence-corrected chi connectivity index (χ3v) is 6.72. The summed E-state index contributed by atoms with van der Waals surface area (Å²) >= 11 is 0. The third-order valence-electron chi connectivity index (χ3n) is 5.61. The summed E-state index contributed by atoms with van der Waals surface area (Å²) < 4.78 is 116. The number of sulfone groups is 1. The summed E-state index contributed by atoms with van der Waals surface area (Å²) in [5.74, 6) is -3.40. The molecule has 0 fully saturated rings. The lowest BCUT2D eigenvalue weighted by Gasteiger charge is -2.32. The minimum absolute atomic E-state index is 0.0886. The maximum absolute atomic E-state index is 14.5. The highest BCUT2D eigenvalue weighted by atomic mass is 32.2. The zero-order valence-electron chi connectivity index (χ0n) is 18.3. The standard InChI is InChI=1S/C21H17F7N2O5S/c1-10(31)30-9-11-7-13(36(2,34)35)4-5-14(11)17(30)18(32)29-16-6-3-12(8-15(16)22)19(33,20(23,24)25)21(26,27)28/h3-8,17,33H,9H2,1-2H3,(H,29,32). The minimum atomic E-state index is -6.23. The summed E-state index contributed by atoms with van der Waals surface area (Å²) in [5, 5.41) is 11.4. The van der Waals surface area contributed by atoms with E-state index >= 15 is 0 Å². The van der Waals surface area contributed by atoms with E-state index in [1.54, 1.807) is 0 Å². The SMILES string of the molecule is CC(=O)N1Cc2cc(S(C)(=O)=O)ccc2C1C(=O)Nc1ccc(C(O)(C(F)(F)F)C(F)(F)F)cc1F. The Labute approximate surface area is 199 Å². The number of carbonyl (C=O) groups excluding carboxylic acids is 2. The summed E-state index contributed by atoms with van der Waals surface area (Å²) in [4.78, 5) is 25.9. The van der Waals surface area contributed by atoms with E-state index in [4.69, 9.17) is 0 Å². The van der Waals surface area contributed by atoms with Crippen LogP contribution in [0.15, 0.2) is 41.3 Å². The molecule has 2 aromatic rings. The molecule has 36 heavy (non-hydrogen) atoms. The molecule has 0 spiro atoms. The third kappa shape index (κ3) is 4.64. The van der Waals surface area contributed by atoms with Crippen LogP contribution in [-0.4, -0.2) is 48.8 Å². The van der Waals surface area contributed by atoms with Crippen molar-refractivity contribution < 1.29 is 53.8 Å². The highest BCUT2D eigenvalue weighted by molar-refractivity contribution is 7.90. The Morgan fingerprint density at radius 1 is 1.03 bits per heavy atom. The van der Waals surface area contributed by atoms with Gasteiger partial charge in [-0.3, -0.25) is 9.59 Å². The molecular weight excluding hydrogens is 525 g/mol. The van der Waals surface area contributed by atoms with Crippen molar-refractivity contribution in [3.63, 3.8) is 0 Å².